The predicted octanol–water partition coefficient (Wildman–Crippen LogP) is 4.59. The minimum atomic E-state index is -0.0320. The van der Waals surface area contributed by atoms with Crippen molar-refractivity contribution in [1.82, 2.24) is 10.2 Å². The highest BCUT2D eigenvalue weighted by atomic mass is 32.2. The lowest BCUT2D eigenvalue weighted by atomic mass is 10.1. The number of benzene rings is 2. The van der Waals surface area contributed by atoms with Crippen molar-refractivity contribution in [3.05, 3.63) is 59.7 Å². The molecule has 0 aliphatic carbocycles. The molecule has 1 aliphatic rings. The number of hydrogen-bond acceptors (Lipinski definition) is 4. The minimum absolute atomic E-state index is 0.0320. The van der Waals surface area contributed by atoms with E-state index in [1.54, 1.807) is 11.8 Å². The number of carbonyl (C=O) groups is 1. The van der Waals surface area contributed by atoms with Crippen LogP contribution >= 0.6 is 11.8 Å². The average Bonchev–Trinajstić information content (AvgIpc) is 2.69. The van der Waals surface area contributed by atoms with Gasteiger partial charge in [-0.25, -0.2) is 0 Å². The third-order valence-corrected chi connectivity index (χ3v) is 5.92. The molecule has 2 aromatic rings. The third-order valence-electron chi connectivity index (χ3n) is 4.84. The molecule has 3 rings (SSSR count). The summed E-state index contributed by atoms with van der Waals surface area (Å²) in [5.74, 6) is 0.874. The minimum Gasteiger partial charge on any atom is -0.490 e. The van der Waals surface area contributed by atoms with Gasteiger partial charge in [0.15, 0.2) is 0 Å². The average molecular weight is 399 g/mol. The number of ether oxygens (including phenoxy) is 1. The van der Waals surface area contributed by atoms with Gasteiger partial charge in [0.05, 0.1) is 5.56 Å². The molecular formula is C23H30N2O2S. The fourth-order valence-corrected chi connectivity index (χ4v) is 4.22. The second kappa shape index (κ2) is 9.99. The van der Waals surface area contributed by atoms with E-state index in [0.29, 0.717) is 17.9 Å². The second-order valence-electron chi connectivity index (χ2n) is 7.61. The van der Waals surface area contributed by atoms with Gasteiger partial charge in [-0.1, -0.05) is 38.1 Å². The summed E-state index contributed by atoms with van der Waals surface area (Å²) in [5.41, 5.74) is 1.81. The van der Waals surface area contributed by atoms with Gasteiger partial charge in [0.2, 0.25) is 0 Å². The molecule has 1 fully saturated rings. The standard InChI is InChI=1S/C23H30N2O2S/c1-17(2)28-22-7-5-4-6-21(22)23(26)24-16-18-8-10-19(11-9-18)27-20-12-14-25(3)15-13-20/h4-11,17,20H,12-16H2,1-3H3,(H,24,26). The van der Waals surface area contributed by atoms with Gasteiger partial charge >= 0.3 is 0 Å². The first-order valence-corrected chi connectivity index (χ1v) is 10.9. The number of amides is 1. The summed E-state index contributed by atoms with van der Waals surface area (Å²) >= 11 is 1.71. The Bertz CT molecular complexity index is 768. The zero-order chi connectivity index (χ0) is 19.9. The first-order chi connectivity index (χ1) is 13.5. The van der Waals surface area contributed by atoms with Crippen LogP contribution < -0.4 is 10.1 Å². The van der Waals surface area contributed by atoms with Crippen molar-refractivity contribution in [3.63, 3.8) is 0 Å². The molecule has 1 saturated heterocycles. The Labute approximate surface area is 172 Å². The van der Waals surface area contributed by atoms with Crippen molar-refractivity contribution in [2.45, 2.75) is 49.5 Å². The molecule has 5 heteroatoms. The topological polar surface area (TPSA) is 41.6 Å². The van der Waals surface area contributed by atoms with Crippen molar-refractivity contribution in [1.29, 1.82) is 0 Å². The number of likely N-dealkylation sites (tertiary alicyclic amines) is 1. The highest BCUT2D eigenvalue weighted by molar-refractivity contribution is 8.00. The summed E-state index contributed by atoms with van der Waals surface area (Å²) in [6.07, 6.45) is 2.45. The zero-order valence-electron chi connectivity index (χ0n) is 17.0. The van der Waals surface area contributed by atoms with Crippen LogP contribution in [-0.2, 0) is 6.54 Å². The van der Waals surface area contributed by atoms with Crippen molar-refractivity contribution in [2.75, 3.05) is 20.1 Å². The van der Waals surface area contributed by atoms with Crippen LogP contribution in [0.25, 0.3) is 0 Å². The van der Waals surface area contributed by atoms with Crippen molar-refractivity contribution < 1.29 is 9.53 Å². The van der Waals surface area contributed by atoms with Crippen LogP contribution in [0.5, 0.6) is 5.75 Å². The van der Waals surface area contributed by atoms with Crippen LogP contribution in [0.4, 0.5) is 0 Å². The molecule has 150 valence electrons. The smallest absolute Gasteiger partial charge is 0.252 e. The maximum Gasteiger partial charge on any atom is 0.252 e. The molecule has 1 heterocycles. The lowest BCUT2D eigenvalue weighted by Gasteiger charge is -2.29. The fourth-order valence-electron chi connectivity index (χ4n) is 3.27. The Morgan fingerprint density at radius 1 is 1.14 bits per heavy atom. The van der Waals surface area contributed by atoms with Gasteiger partial charge in [-0.15, -0.1) is 11.8 Å². The molecule has 1 N–H and O–H groups in total. The van der Waals surface area contributed by atoms with Crippen LogP contribution in [0.3, 0.4) is 0 Å². The van der Waals surface area contributed by atoms with E-state index in [2.05, 4.69) is 31.1 Å². The highest BCUT2D eigenvalue weighted by Gasteiger charge is 2.18. The van der Waals surface area contributed by atoms with Crippen LogP contribution in [0.15, 0.2) is 53.4 Å². The van der Waals surface area contributed by atoms with Gasteiger partial charge in [0.25, 0.3) is 5.91 Å². The number of piperidine rings is 1. The van der Waals surface area contributed by atoms with Gasteiger partial charge in [-0.05, 0) is 49.7 Å². The third kappa shape index (κ3) is 6.01. The van der Waals surface area contributed by atoms with Crippen LogP contribution in [0, 0.1) is 0 Å². The van der Waals surface area contributed by atoms with Crippen molar-refractivity contribution in [2.24, 2.45) is 0 Å². The zero-order valence-corrected chi connectivity index (χ0v) is 17.8. The van der Waals surface area contributed by atoms with Gasteiger partial charge in [-0.3, -0.25) is 4.79 Å². The molecule has 0 bridgehead atoms. The molecule has 0 radical (unpaired) electrons. The largest absolute Gasteiger partial charge is 0.490 e. The molecule has 0 atom stereocenters. The second-order valence-corrected chi connectivity index (χ2v) is 9.23. The number of rotatable bonds is 7. The van der Waals surface area contributed by atoms with Crippen LogP contribution in [0.2, 0.25) is 0 Å². The Morgan fingerprint density at radius 2 is 1.82 bits per heavy atom. The molecule has 0 spiro atoms. The lowest BCUT2D eigenvalue weighted by molar-refractivity contribution is 0.0948. The molecule has 1 aliphatic heterocycles. The number of thioether (sulfide) groups is 1. The predicted molar refractivity (Wildman–Crippen MR) is 116 cm³/mol. The van der Waals surface area contributed by atoms with E-state index in [0.717, 1.165) is 47.7 Å². The van der Waals surface area contributed by atoms with E-state index in [-0.39, 0.29) is 5.91 Å². The molecule has 4 nitrogen and oxygen atoms in total. The van der Waals surface area contributed by atoms with E-state index < -0.39 is 0 Å². The summed E-state index contributed by atoms with van der Waals surface area (Å²) in [4.78, 5) is 16.0. The normalized spacial score (nSPS) is 15.6. The fraction of sp³-hybridized carbons (Fsp3) is 0.435. The van der Waals surface area contributed by atoms with E-state index in [1.165, 1.54) is 0 Å². The van der Waals surface area contributed by atoms with Crippen molar-refractivity contribution >= 4 is 17.7 Å². The monoisotopic (exact) mass is 398 g/mol. The number of hydrogen-bond donors (Lipinski definition) is 1. The number of nitrogens with one attached hydrogen (secondary N) is 1. The lowest BCUT2D eigenvalue weighted by Crippen LogP contribution is -2.35. The Hall–Kier alpha value is -1.98. The summed E-state index contributed by atoms with van der Waals surface area (Å²) in [5, 5.41) is 3.47. The van der Waals surface area contributed by atoms with E-state index in [9.17, 15) is 4.79 Å². The molecule has 0 aromatic heterocycles. The van der Waals surface area contributed by atoms with Gasteiger partial charge in [0, 0.05) is 29.8 Å². The maximum atomic E-state index is 12.6. The van der Waals surface area contributed by atoms with Gasteiger partial charge < -0.3 is 15.0 Å². The highest BCUT2D eigenvalue weighted by Crippen LogP contribution is 2.26. The van der Waals surface area contributed by atoms with E-state index >= 15 is 0 Å². The van der Waals surface area contributed by atoms with Gasteiger partial charge in [0.1, 0.15) is 11.9 Å². The quantitative estimate of drug-likeness (QED) is 0.693. The first-order valence-electron chi connectivity index (χ1n) is 9.99. The van der Waals surface area contributed by atoms with Crippen molar-refractivity contribution in [3.8, 4) is 5.75 Å². The van der Waals surface area contributed by atoms with Crippen LogP contribution in [0.1, 0.15) is 42.6 Å². The summed E-state index contributed by atoms with van der Waals surface area (Å²) in [6.45, 7) is 6.95. The molecule has 0 saturated carbocycles. The summed E-state index contributed by atoms with van der Waals surface area (Å²) in [6, 6.07) is 15.8. The summed E-state index contributed by atoms with van der Waals surface area (Å²) in [7, 11) is 2.15. The van der Waals surface area contributed by atoms with Crippen LogP contribution in [-0.4, -0.2) is 42.3 Å². The Morgan fingerprint density at radius 3 is 2.50 bits per heavy atom. The first kappa shape index (κ1) is 20.7. The molecule has 0 unspecified atom stereocenters. The number of carbonyl (C=O) groups excluding carboxylic acids is 1. The summed E-state index contributed by atoms with van der Waals surface area (Å²) < 4.78 is 6.09. The molecule has 28 heavy (non-hydrogen) atoms. The Balaban J connectivity index is 1.53. The molecular weight excluding hydrogens is 368 g/mol. The van der Waals surface area contributed by atoms with E-state index in [1.807, 2.05) is 48.5 Å². The molecule has 2 aromatic carbocycles. The Kier molecular flexibility index (Phi) is 7.40. The maximum absolute atomic E-state index is 12.6. The SMILES string of the molecule is CC(C)Sc1ccccc1C(=O)NCc1ccc(OC2CCN(C)CC2)cc1. The van der Waals surface area contributed by atoms with Gasteiger partial charge in [-0.2, -0.15) is 0 Å². The molecule has 1 amide bonds. The number of nitrogens with zero attached hydrogens (tertiary/aromatic N) is 1. The van der Waals surface area contributed by atoms with E-state index in [4.69, 9.17) is 4.74 Å².